The fourth-order valence-electron chi connectivity index (χ4n) is 2.93. The smallest absolute Gasteiger partial charge is 0.267 e. The molecule has 4 aromatic heterocycles. The zero-order valence-corrected chi connectivity index (χ0v) is 15.5. The molecule has 0 aliphatic heterocycles. The largest absolute Gasteiger partial charge is 0.350 e. The van der Waals surface area contributed by atoms with Crippen LogP contribution in [-0.4, -0.2) is 31.4 Å². The summed E-state index contributed by atoms with van der Waals surface area (Å²) in [6.45, 7) is 2.52. The van der Waals surface area contributed by atoms with Crippen molar-refractivity contribution in [2.45, 2.75) is 13.3 Å². The van der Waals surface area contributed by atoms with Crippen molar-refractivity contribution < 1.29 is 4.79 Å². The van der Waals surface area contributed by atoms with Crippen LogP contribution in [0.2, 0.25) is 0 Å². The van der Waals surface area contributed by atoms with E-state index in [1.807, 2.05) is 71.2 Å². The Bertz CT molecular complexity index is 1040. The maximum Gasteiger partial charge on any atom is 0.267 e. The lowest BCUT2D eigenvalue weighted by Crippen LogP contribution is -2.27. The van der Waals surface area contributed by atoms with Crippen molar-refractivity contribution >= 4 is 22.9 Å². The van der Waals surface area contributed by atoms with Crippen LogP contribution in [0, 0.1) is 6.92 Å². The Morgan fingerprint density at radius 1 is 1.27 bits per heavy atom. The van der Waals surface area contributed by atoms with Crippen molar-refractivity contribution in [2.75, 3.05) is 6.54 Å². The monoisotopic (exact) mass is 365 g/mol. The minimum atomic E-state index is -0.0885. The van der Waals surface area contributed by atoms with Crippen molar-refractivity contribution in [1.82, 2.24) is 24.3 Å². The van der Waals surface area contributed by atoms with Gasteiger partial charge in [-0.25, -0.2) is 9.97 Å². The van der Waals surface area contributed by atoms with Crippen LogP contribution >= 0.6 is 11.3 Å². The van der Waals surface area contributed by atoms with Crippen LogP contribution in [0.5, 0.6) is 0 Å². The lowest BCUT2D eigenvalue weighted by atomic mass is 10.2. The second-order valence-corrected chi connectivity index (χ2v) is 7.24. The molecule has 0 aliphatic rings. The van der Waals surface area contributed by atoms with Crippen LogP contribution in [0.1, 0.15) is 21.2 Å². The summed E-state index contributed by atoms with van der Waals surface area (Å²) in [7, 11) is 1.87. The molecule has 0 aromatic carbocycles. The number of fused-ring (bicyclic) bond motifs is 1. The summed E-state index contributed by atoms with van der Waals surface area (Å²) in [5, 5.41) is 6.00. The number of aryl methyl sites for hydroxylation is 2. The lowest BCUT2D eigenvalue weighted by molar-refractivity contribution is 0.0946. The normalized spacial score (nSPS) is 11.2. The van der Waals surface area contributed by atoms with Gasteiger partial charge in [0.25, 0.3) is 5.91 Å². The summed E-state index contributed by atoms with van der Waals surface area (Å²) in [6, 6.07) is 7.78. The zero-order valence-electron chi connectivity index (χ0n) is 14.6. The average molecular weight is 365 g/mol. The Labute approximate surface area is 155 Å². The summed E-state index contributed by atoms with van der Waals surface area (Å²) in [6.07, 6.45) is 6.59. The van der Waals surface area contributed by atoms with Gasteiger partial charge in [-0.3, -0.25) is 4.79 Å². The van der Waals surface area contributed by atoms with Gasteiger partial charge in [-0.15, -0.1) is 11.3 Å². The summed E-state index contributed by atoms with van der Waals surface area (Å²) in [5.41, 5.74) is 4.37. The fourth-order valence-corrected chi connectivity index (χ4v) is 3.55. The molecule has 132 valence electrons. The second kappa shape index (κ2) is 6.76. The van der Waals surface area contributed by atoms with E-state index in [-0.39, 0.29) is 5.91 Å². The van der Waals surface area contributed by atoms with Gasteiger partial charge in [0.05, 0.1) is 16.4 Å². The van der Waals surface area contributed by atoms with E-state index in [0.29, 0.717) is 18.7 Å². The number of hydrogen-bond donors (Lipinski definition) is 1. The van der Waals surface area contributed by atoms with Crippen LogP contribution in [0.4, 0.5) is 0 Å². The molecule has 6 nitrogen and oxygen atoms in total. The quantitative estimate of drug-likeness (QED) is 0.591. The molecule has 0 saturated heterocycles. The number of amides is 1. The Hall–Kier alpha value is -2.93. The van der Waals surface area contributed by atoms with Gasteiger partial charge in [-0.1, -0.05) is 6.07 Å². The summed E-state index contributed by atoms with van der Waals surface area (Å²) in [5.74, 6) is -0.0885. The first-order chi connectivity index (χ1) is 12.6. The molecular formula is C19H19N5OS. The average Bonchev–Trinajstić information content (AvgIpc) is 3.32. The second-order valence-electron chi connectivity index (χ2n) is 6.18. The van der Waals surface area contributed by atoms with Gasteiger partial charge < -0.3 is 14.3 Å². The van der Waals surface area contributed by atoms with Gasteiger partial charge in [0, 0.05) is 49.5 Å². The molecule has 0 saturated carbocycles. The Morgan fingerprint density at radius 3 is 2.92 bits per heavy atom. The highest BCUT2D eigenvalue weighted by Crippen LogP contribution is 2.23. The summed E-state index contributed by atoms with van der Waals surface area (Å²) in [4.78, 5) is 21.5. The van der Waals surface area contributed by atoms with E-state index in [9.17, 15) is 4.79 Å². The topological polar surface area (TPSA) is 64.2 Å². The predicted molar refractivity (Wildman–Crippen MR) is 102 cm³/mol. The van der Waals surface area contributed by atoms with Crippen LogP contribution in [0.25, 0.3) is 16.9 Å². The van der Waals surface area contributed by atoms with Gasteiger partial charge in [0.1, 0.15) is 11.3 Å². The first-order valence-electron chi connectivity index (χ1n) is 8.40. The van der Waals surface area contributed by atoms with E-state index in [1.54, 1.807) is 11.3 Å². The molecule has 0 fully saturated rings. The standard InChI is InChI=1S/C19H19N5OS/c1-13-21-16(12-26-13)14-9-17(23(2)10-14)19(25)20-7-6-15-11-24-8-4-3-5-18(24)22-15/h3-5,8-12H,6-7H2,1-2H3,(H,20,25). The number of nitrogens with zero attached hydrogens (tertiary/aromatic N) is 4. The number of aromatic nitrogens is 4. The van der Waals surface area contributed by atoms with E-state index in [0.717, 1.165) is 27.6 Å². The molecule has 26 heavy (non-hydrogen) atoms. The minimum absolute atomic E-state index is 0.0885. The first-order valence-corrected chi connectivity index (χ1v) is 9.28. The number of carbonyl (C=O) groups is 1. The fraction of sp³-hybridized carbons (Fsp3) is 0.211. The SMILES string of the molecule is Cc1nc(-c2cc(C(=O)NCCc3cn4ccccc4n3)n(C)c2)cs1. The van der Waals surface area contributed by atoms with Crippen LogP contribution in [0.15, 0.2) is 48.2 Å². The summed E-state index contributed by atoms with van der Waals surface area (Å²) >= 11 is 1.61. The molecule has 0 aliphatic carbocycles. The predicted octanol–water partition coefficient (Wildman–Crippen LogP) is 3.08. The van der Waals surface area contributed by atoms with Gasteiger partial charge in [0.15, 0.2) is 0 Å². The van der Waals surface area contributed by atoms with Crippen LogP contribution in [0.3, 0.4) is 0 Å². The van der Waals surface area contributed by atoms with E-state index in [1.165, 1.54) is 0 Å². The lowest BCUT2D eigenvalue weighted by Gasteiger charge is -2.04. The highest BCUT2D eigenvalue weighted by Gasteiger charge is 2.14. The number of hydrogen-bond acceptors (Lipinski definition) is 4. The number of imidazole rings is 1. The Balaban J connectivity index is 1.41. The molecule has 4 aromatic rings. The van der Waals surface area contributed by atoms with Crippen molar-refractivity contribution in [3.63, 3.8) is 0 Å². The van der Waals surface area contributed by atoms with Gasteiger partial charge in [0.2, 0.25) is 0 Å². The van der Waals surface area contributed by atoms with Gasteiger partial charge in [-0.2, -0.15) is 0 Å². The van der Waals surface area contributed by atoms with E-state index >= 15 is 0 Å². The van der Waals surface area contributed by atoms with E-state index < -0.39 is 0 Å². The molecule has 1 amide bonds. The molecule has 0 bridgehead atoms. The third-order valence-corrected chi connectivity index (χ3v) is 5.01. The minimum Gasteiger partial charge on any atom is -0.350 e. The number of rotatable bonds is 5. The molecule has 0 spiro atoms. The molecule has 0 atom stereocenters. The Kier molecular flexibility index (Phi) is 4.30. The van der Waals surface area contributed by atoms with Crippen molar-refractivity contribution in [1.29, 1.82) is 0 Å². The van der Waals surface area contributed by atoms with Crippen molar-refractivity contribution in [2.24, 2.45) is 7.05 Å². The number of nitrogens with one attached hydrogen (secondary N) is 1. The molecule has 1 N–H and O–H groups in total. The Morgan fingerprint density at radius 2 is 2.15 bits per heavy atom. The van der Waals surface area contributed by atoms with Crippen LogP contribution in [-0.2, 0) is 13.5 Å². The third-order valence-electron chi connectivity index (χ3n) is 4.23. The van der Waals surface area contributed by atoms with Crippen LogP contribution < -0.4 is 5.32 Å². The molecule has 7 heteroatoms. The van der Waals surface area contributed by atoms with Crippen molar-refractivity contribution in [3.05, 3.63) is 64.6 Å². The highest BCUT2D eigenvalue weighted by atomic mass is 32.1. The maximum atomic E-state index is 12.5. The number of carbonyl (C=O) groups excluding carboxylic acids is 1. The number of pyridine rings is 1. The first kappa shape index (κ1) is 16.5. The van der Waals surface area contributed by atoms with Gasteiger partial charge >= 0.3 is 0 Å². The molecule has 0 unspecified atom stereocenters. The molecular weight excluding hydrogens is 346 g/mol. The maximum absolute atomic E-state index is 12.5. The molecule has 4 rings (SSSR count). The third kappa shape index (κ3) is 3.25. The molecule has 4 heterocycles. The number of thiazole rings is 1. The van der Waals surface area contributed by atoms with Crippen molar-refractivity contribution in [3.8, 4) is 11.3 Å². The van der Waals surface area contributed by atoms with Gasteiger partial charge in [-0.05, 0) is 25.1 Å². The summed E-state index contributed by atoms with van der Waals surface area (Å²) < 4.78 is 3.82. The van der Waals surface area contributed by atoms with E-state index in [4.69, 9.17) is 0 Å². The van der Waals surface area contributed by atoms with E-state index in [2.05, 4.69) is 15.3 Å². The molecule has 0 radical (unpaired) electrons. The zero-order chi connectivity index (χ0) is 18.1. The highest BCUT2D eigenvalue weighted by molar-refractivity contribution is 7.09.